The molecule has 0 spiro atoms. The van der Waals surface area contributed by atoms with Crippen LogP contribution in [0.15, 0.2) is 12.4 Å². The normalized spacial score (nSPS) is 13.9. The maximum atomic E-state index is 13.4. The van der Waals surface area contributed by atoms with E-state index in [9.17, 15) is 13.6 Å². The van der Waals surface area contributed by atoms with E-state index in [2.05, 4.69) is 19.9 Å². The molecule has 0 aliphatic carbocycles. The number of amides is 1. The Kier molecular flexibility index (Phi) is 7.73. The van der Waals surface area contributed by atoms with E-state index in [1.54, 1.807) is 20.8 Å². The minimum atomic E-state index is -0.690. The minimum absolute atomic E-state index is 0.0543. The van der Waals surface area contributed by atoms with E-state index >= 15 is 0 Å². The summed E-state index contributed by atoms with van der Waals surface area (Å²) in [5.41, 5.74) is -0.546. The Balaban J connectivity index is 0.000000278. The Morgan fingerprint density at radius 2 is 1.62 bits per heavy atom. The molecule has 1 aliphatic rings. The minimum Gasteiger partial charge on any atom is -0.468 e. The Morgan fingerprint density at radius 3 is 2.14 bits per heavy atom. The van der Waals surface area contributed by atoms with Crippen molar-refractivity contribution in [2.45, 2.75) is 32.5 Å². The van der Waals surface area contributed by atoms with Gasteiger partial charge in [-0.3, -0.25) is 0 Å². The van der Waals surface area contributed by atoms with Crippen LogP contribution in [-0.2, 0) is 4.74 Å². The topological polar surface area (TPSA) is 90.3 Å². The fourth-order valence-electron chi connectivity index (χ4n) is 1.89. The molecule has 1 amide bonds. The van der Waals surface area contributed by atoms with E-state index in [0.717, 1.165) is 12.4 Å². The molecule has 0 bridgehead atoms. The van der Waals surface area contributed by atoms with E-state index in [-0.39, 0.29) is 27.7 Å². The summed E-state index contributed by atoms with van der Waals surface area (Å²) in [6, 6.07) is 0. The van der Waals surface area contributed by atoms with Gasteiger partial charge in [-0.1, -0.05) is 11.6 Å². The molecule has 1 aliphatic heterocycles. The third-order valence-corrected chi connectivity index (χ3v) is 3.76. The second kappa shape index (κ2) is 9.64. The molecule has 0 unspecified atom stereocenters. The first-order chi connectivity index (χ1) is 13.4. The van der Waals surface area contributed by atoms with Gasteiger partial charge in [-0.05, 0) is 44.0 Å². The third kappa shape index (κ3) is 7.37. The Morgan fingerprint density at radius 1 is 1.07 bits per heavy atom. The van der Waals surface area contributed by atoms with E-state index < -0.39 is 23.3 Å². The quantitative estimate of drug-likeness (QED) is 0.480. The lowest BCUT2D eigenvalue weighted by molar-refractivity contribution is -0.0241. The predicted molar refractivity (Wildman–Crippen MR) is 101 cm³/mol. The van der Waals surface area contributed by atoms with Crippen LogP contribution in [0.25, 0.3) is 0 Å². The molecule has 1 fully saturated rings. The first-order valence-corrected chi connectivity index (χ1v) is 9.24. The van der Waals surface area contributed by atoms with Crippen molar-refractivity contribution in [1.29, 1.82) is 0 Å². The van der Waals surface area contributed by atoms with Crippen LogP contribution < -0.4 is 4.74 Å². The van der Waals surface area contributed by atoms with Crippen molar-refractivity contribution in [3.63, 3.8) is 0 Å². The number of carbonyl (C=O) groups excluding carboxylic acids is 1. The van der Waals surface area contributed by atoms with Crippen molar-refractivity contribution < 1.29 is 23.0 Å². The van der Waals surface area contributed by atoms with E-state index in [1.165, 1.54) is 4.90 Å². The highest BCUT2D eigenvalue weighted by Gasteiger charge is 2.35. The highest BCUT2D eigenvalue weighted by molar-refractivity contribution is 6.31. The molecule has 3 heterocycles. The molecule has 8 nitrogen and oxygen atoms in total. The van der Waals surface area contributed by atoms with Gasteiger partial charge in [-0.15, -0.1) is 0 Å². The Hall–Kier alpha value is -2.04. The van der Waals surface area contributed by atoms with Gasteiger partial charge in [0.2, 0.25) is 16.4 Å². The summed E-state index contributed by atoms with van der Waals surface area (Å²) >= 11 is 16.0. The number of hydrogen-bond acceptors (Lipinski definition) is 7. The molecule has 0 saturated carbocycles. The molecule has 13 heteroatoms. The molecule has 0 N–H and O–H groups in total. The summed E-state index contributed by atoms with van der Waals surface area (Å²) in [6.07, 6.45) is 1.11. The first-order valence-electron chi connectivity index (χ1n) is 8.11. The number of ether oxygens (including phenoxy) is 2. The van der Waals surface area contributed by atoms with Crippen molar-refractivity contribution in [2.75, 3.05) is 13.1 Å². The van der Waals surface area contributed by atoms with Crippen molar-refractivity contribution >= 4 is 40.9 Å². The standard InChI is InChI=1S/C12H15ClFN3O3.C4HCl2FN2/c1-12(2,3)20-11(18)17-5-7(6-17)19-9-8(14)4-15-10(13)16-9;5-3-2(7)1-8-4(6)9-3/h4,7H,5-6H2,1-3H3;1H. The molecule has 0 aromatic carbocycles. The number of hydrogen-bond donors (Lipinski definition) is 0. The van der Waals surface area contributed by atoms with Crippen molar-refractivity contribution in [1.82, 2.24) is 24.8 Å². The molecule has 0 radical (unpaired) electrons. The number of rotatable bonds is 2. The van der Waals surface area contributed by atoms with Gasteiger partial charge < -0.3 is 14.4 Å². The van der Waals surface area contributed by atoms with Gasteiger partial charge in [0.25, 0.3) is 5.88 Å². The fourth-order valence-corrected chi connectivity index (χ4v) is 2.32. The molecular weight excluding hydrogens is 455 g/mol. The van der Waals surface area contributed by atoms with Crippen LogP contribution in [0.3, 0.4) is 0 Å². The first kappa shape index (κ1) is 23.2. The summed E-state index contributed by atoms with van der Waals surface area (Å²) in [4.78, 5) is 26.9. The Labute approximate surface area is 180 Å². The zero-order valence-electron chi connectivity index (χ0n) is 15.5. The zero-order valence-corrected chi connectivity index (χ0v) is 17.8. The van der Waals surface area contributed by atoms with Crippen molar-refractivity contribution in [3.8, 4) is 5.88 Å². The van der Waals surface area contributed by atoms with Crippen LogP contribution in [0.2, 0.25) is 15.7 Å². The average Bonchev–Trinajstić information content (AvgIpc) is 2.56. The van der Waals surface area contributed by atoms with Crippen molar-refractivity contribution in [2.24, 2.45) is 0 Å². The molecule has 2 aromatic rings. The van der Waals surface area contributed by atoms with Gasteiger partial charge in [-0.25, -0.2) is 24.1 Å². The largest absolute Gasteiger partial charge is 0.468 e. The molecule has 29 heavy (non-hydrogen) atoms. The molecule has 2 aromatic heterocycles. The monoisotopic (exact) mass is 469 g/mol. The zero-order chi connectivity index (χ0) is 21.8. The average molecular weight is 471 g/mol. The fraction of sp³-hybridized carbons (Fsp3) is 0.438. The molecular formula is C16H16Cl3F2N5O3. The maximum Gasteiger partial charge on any atom is 0.410 e. The Bertz CT molecular complexity index is 879. The van der Waals surface area contributed by atoms with Crippen LogP contribution >= 0.6 is 34.8 Å². The van der Waals surface area contributed by atoms with E-state index in [0.29, 0.717) is 13.1 Å². The van der Waals surface area contributed by atoms with Crippen LogP contribution in [0.4, 0.5) is 13.6 Å². The van der Waals surface area contributed by atoms with Crippen molar-refractivity contribution in [3.05, 3.63) is 39.7 Å². The smallest absolute Gasteiger partial charge is 0.410 e. The lowest BCUT2D eigenvalue weighted by Gasteiger charge is -2.39. The summed E-state index contributed by atoms with van der Waals surface area (Å²) < 4.78 is 36.0. The second-order valence-corrected chi connectivity index (χ2v) is 7.73. The SMILES string of the molecule is CC(C)(C)OC(=O)N1CC(Oc2nc(Cl)ncc2F)C1.Fc1cnc(Cl)nc1Cl. The summed E-state index contributed by atoms with van der Waals surface area (Å²) in [5.74, 6) is -1.56. The molecule has 158 valence electrons. The third-order valence-electron chi connectivity index (χ3n) is 3.13. The van der Waals surface area contributed by atoms with Crippen LogP contribution in [0.5, 0.6) is 5.88 Å². The highest BCUT2D eigenvalue weighted by atomic mass is 35.5. The second-order valence-electron chi connectivity index (χ2n) is 6.70. The van der Waals surface area contributed by atoms with Crippen LogP contribution in [0, 0.1) is 11.6 Å². The lowest BCUT2D eigenvalue weighted by atomic mass is 10.2. The molecule has 1 saturated heterocycles. The lowest BCUT2D eigenvalue weighted by Crippen LogP contribution is -2.57. The number of carbonyl (C=O) groups is 1. The van der Waals surface area contributed by atoms with Gasteiger partial charge in [-0.2, -0.15) is 9.37 Å². The summed E-state index contributed by atoms with van der Waals surface area (Å²) in [6.45, 7) is 6.00. The van der Waals surface area contributed by atoms with Gasteiger partial charge >= 0.3 is 6.09 Å². The maximum absolute atomic E-state index is 13.4. The highest BCUT2D eigenvalue weighted by Crippen LogP contribution is 2.21. The number of aromatic nitrogens is 4. The molecule has 0 atom stereocenters. The van der Waals surface area contributed by atoms with Gasteiger partial charge in [0.1, 0.15) is 11.7 Å². The van der Waals surface area contributed by atoms with Crippen LogP contribution in [0.1, 0.15) is 20.8 Å². The van der Waals surface area contributed by atoms with E-state index in [4.69, 9.17) is 44.3 Å². The number of nitrogens with zero attached hydrogens (tertiary/aromatic N) is 5. The van der Waals surface area contributed by atoms with Gasteiger partial charge in [0, 0.05) is 0 Å². The van der Waals surface area contributed by atoms with Gasteiger partial charge in [0.05, 0.1) is 25.5 Å². The molecule has 3 rings (SSSR count). The summed E-state index contributed by atoms with van der Waals surface area (Å²) in [5, 5.41) is -0.402. The van der Waals surface area contributed by atoms with E-state index in [1.807, 2.05) is 0 Å². The number of halogens is 5. The number of likely N-dealkylation sites (tertiary alicyclic amines) is 1. The summed E-state index contributed by atoms with van der Waals surface area (Å²) in [7, 11) is 0. The van der Waals surface area contributed by atoms with Gasteiger partial charge in [0.15, 0.2) is 11.0 Å². The predicted octanol–water partition coefficient (Wildman–Crippen LogP) is 4.19. The van der Waals surface area contributed by atoms with Crippen LogP contribution in [-0.4, -0.2) is 55.7 Å².